The Hall–Kier alpha value is -2.21. The minimum Gasteiger partial charge on any atom is -0.338 e. The number of likely N-dealkylation sites (tertiary alicyclic amines) is 1. The molecule has 1 aliphatic heterocycles. The monoisotopic (exact) mass is 275 g/mol. The molecule has 0 aliphatic carbocycles. The number of amides is 1. The molecule has 1 fully saturated rings. The van der Waals surface area contributed by atoms with Crippen LogP contribution in [0.4, 0.5) is 5.69 Å². The maximum absolute atomic E-state index is 12.0. The number of nitrogens with two attached hydrogens (primary N) is 1. The van der Waals surface area contributed by atoms with E-state index in [1.54, 1.807) is 23.1 Å². The van der Waals surface area contributed by atoms with Crippen molar-refractivity contribution in [1.29, 1.82) is 0 Å². The van der Waals surface area contributed by atoms with Crippen LogP contribution in [0.3, 0.4) is 0 Å². The Balaban J connectivity index is 2.09. The van der Waals surface area contributed by atoms with Gasteiger partial charge in [-0.15, -0.1) is 0 Å². The van der Waals surface area contributed by atoms with E-state index in [0.29, 0.717) is 18.7 Å². The Morgan fingerprint density at radius 1 is 1.45 bits per heavy atom. The van der Waals surface area contributed by atoms with E-state index >= 15 is 0 Å². The number of nitro benzene ring substituents is 1. The van der Waals surface area contributed by atoms with Gasteiger partial charge in [0.05, 0.1) is 10.5 Å². The van der Waals surface area contributed by atoms with Gasteiger partial charge in [-0.05, 0) is 25.0 Å². The summed E-state index contributed by atoms with van der Waals surface area (Å²) in [5, 5.41) is 10.9. The smallest absolute Gasteiger partial charge is 0.276 e. The Morgan fingerprint density at radius 3 is 2.90 bits per heavy atom. The Labute approximate surface area is 117 Å². The summed E-state index contributed by atoms with van der Waals surface area (Å²) >= 11 is 0. The highest BCUT2D eigenvalue weighted by Gasteiger charge is 2.19. The standard InChI is InChI=1S/C14H17N3O3/c15-12-5-3-9-16(10-12)14(18)8-7-11-4-1-2-6-13(11)17(19)20/h1-2,4,6-8,12H,3,5,9-10,15H2/b8-7+/t12-/m1/s1. The molecular weight excluding hydrogens is 258 g/mol. The molecule has 20 heavy (non-hydrogen) atoms. The van der Waals surface area contributed by atoms with Crippen LogP contribution in [0.25, 0.3) is 6.08 Å². The minimum atomic E-state index is -0.457. The number of para-hydroxylation sites is 1. The van der Waals surface area contributed by atoms with E-state index in [0.717, 1.165) is 12.8 Å². The first-order valence-electron chi connectivity index (χ1n) is 6.54. The lowest BCUT2D eigenvalue weighted by Crippen LogP contribution is -2.45. The third-order valence-corrected chi connectivity index (χ3v) is 3.31. The summed E-state index contributed by atoms with van der Waals surface area (Å²) in [6.45, 7) is 1.23. The van der Waals surface area contributed by atoms with Crippen LogP contribution < -0.4 is 5.73 Å². The molecule has 1 heterocycles. The fourth-order valence-corrected chi connectivity index (χ4v) is 2.27. The summed E-state index contributed by atoms with van der Waals surface area (Å²) in [6.07, 6.45) is 4.69. The average Bonchev–Trinajstić information content (AvgIpc) is 2.45. The molecule has 106 valence electrons. The number of nitro groups is 1. The maximum Gasteiger partial charge on any atom is 0.276 e. The molecule has 1 aromatic rings. The van der Waals surface area contributed by atoms with E-state index in [-0.39, 0.29) is 17.6 Å². The van der Waals surface area contributed by atoms with E-state index in [1.807, 2.05) is 0 Å². The van der Waals surface area contributed by atoms with Crippen molar-refractivity contribution in [1.82, 2.24) is 4.90 Å². The molecule has 1 atom stereocenters. The minimum absolute atomic E-state index is 0.00750. The van der Waals surface area contributed by atoms with E-state index in [9.17, 15) is 14.9 Å². The number of hydrogen-bond donors (Lipinski definition) is 1. The van der Waals surface area contributed by atoms with Crippen LogP contribution in [0.2, 0.25) is 0 Å². The molecular formula is C14H17N3O3. The van der Waals surface area contributed by atoms with Gasteiger partial charge in [-0.1, -0.05) is 12.1 Å². The summed E-state index contributed by atoms with van der Waals surface area (Å²) in [5.74, 6) is -0.154. The predicted molar refractivity (Wildman–Crippen MR) is 75.9 cm³/mol. The van der Waals surface area contributed by atoms with E-state index in [1.165, 1.54) is 18.2 Å². The third kappa shape index (κ3) is 3.42. The molecule has 0 aromatic heterocycles. The van der Waals surface area contributed by atoms with Gasteiger partial charge in [0.25, 0.3) is 5.69 Å². The number of benzene rings is 1. The van der Waals surface area contributed by atoms with E-state index in [2.05, 4.69) is 0 Å². The van der Waals surface area contributed by atoms with Gasteiger partial charge in [-0.2, -0.15) is 0 Å². The zero-order chi connectivity index (χ0) is 14.5. The zero-order valence-electron chi connectivity index (χ0n) is 11.1. The second-order valence-corrected chi connectivity index (χ2v) is 4.84. The van der Waals surface area contributed by atoms with Crippen molar-refractivity contribution in [3.8, 4) is 0 Å². The average molecular weight is 275 g/mol. The van der Waals surface area contributed by atoms with Crippen LogP contribution in [0.1, 0.15) is 18.4 Å². The zero-order valence-corrected chi connectivity index (χ0v) is 11.1. The van der Waals surface area contributed by atoms with E-state index < -0.39 is 4.92 Å². The Bertz CT molecular complexity index is 542. The van der Waals surface area contributed by atoms with Crippen LogP contribution >= 0.6 is 0 Å². The van der Waals surface area contributed by atoms with Crippen LogP contribution in [0, 0.1) is 10.1 Å². The molecule has 1 aliphatic rings. The number of carbonyl (C=O) groups is 1. The van der Waals surface area contributed by atoms with Crippen LogP contribution in [0.15, 0.2) is 30.3 Å². The summed E-state index contributed by atoms with van der Waals surface area (Å²) in [4.78, 5) is 24.1. The first-order valence-corrected chi connectivity index (χ1v) is 6.54. The van der Waals surface area contributed by atoms with Gasteiger partial charge in [0, 0.05) is 31.3 Å². The lowest BCUT2D eigenvalue weighted by Gasteiger charge is -2.29. The molecule has 0 bridgehead atoms. The van der Waals surface area contributed by atoms with Gasteiger partial charge in [0.2, 0.25) is 5.91 Å². The number of rotatable bonds is 3. The first-order chi connectivity index (χ1) is 9.58. The number of piperidine rings is 1. The summed E-state index contributed by atoms with van der Waals surface area (Å²) in [7, 11) is 0. The second-order valence-electron chi connectivity index (χ2n) is 4.84. The SMILES string of the molecule is N[C@@H]1CCCN(C(=O)/C=C/c2ccccc2[N+](=O)[O-])C1. The predicted octanol–water partition coefficient (Wildman–Crippen LogP) is 1.56. The highest BCUT2D eigenvalue weighted by atomic mass is 16.6. The van der Waals surface area contributed by atoms with Crippen molar-refractivity contribution in [2.45, 2.75) is 18.9 Å². The Morgan fingerprint density at radius 2 is 2.20 bits per heavy atom. The fraction of sp³-hybridized carbons (Fsp3) is 0.357. The maximum atomic E-state index is 12.0. The molecule has 2 rings (SSSR count). The van der Waals surface area contributed by atoms with Gasteiger partial charge in [-0.3, -0.25) is 14.9 Å². The highest BCUT2D eigenvalue weighted by Crippen LogP contribution is 2.19. The van der Waals surface area contributed by atoms with Gasteiger partial charge >= 0.3 is 0 Å². The quantitative estimate of drug-likeness (QED) is 0.515. The van der Waals surface area contributed by atoms with Crippen LogP contribution in [0.5, 0.6) is 0 Å². The highest BCUT2D eigenvalue weighted by molar-refractivity contribution is 5.92. The summed E-state index contributed by atoms with van der Waals surface area (Å²) in [6, 6.07) is 6.35. The molecule has 6 nitrogen and oxygen atoms in total. The van der Waals surface area contributed by atoms with Gasteiger partial charge in [0.1, 0.15) is 0 Å². The van der Waals surface area contributed by atoms with Crippen LogP contribution in [-0.2, 0) is 4.79 Å². The topological polar surface area (TPSA) is 89.5 Å². The fourth-order valence-electron chi connectivity index (χ4n) is 2.27. The van der Waals surface area contributed by atoms with Crippen molar-refractivity contribution < 1.29 is 9.72 Å². The molecule has 1 aromatic carbocycles. The van der Waals surface area contributed by atoms with Crippen molar-refractivity contribution >= 4 is 17.7 Å². The molecule has 0 unspecified atom stereocenters. The lowest BCUT2D eigenvalue weighted by atomic mass is 10.1. The van der Waals surface area contributed by atoms with Gasteiger partial charge in [0.15, 0.2) is 0 Å². The lowest BCUT2D eigenvalue weighted by molar-refractivity contribution is -0.385. The van der Waals surface area contributed by atoms with E-state index in [4.69, 9.17) is 5.73 Å². The largest absolute Gasteiger partial charge is 0.338 e. The molecule has 0 spiro atoms. The van der Waals surface area contributed by atoms with Crippen LogP contribution in [-0.4, -0.2) is 34.9 Å². The first kappa shape index (κ1) is 14.2. The summed E-state index contributed by atoms with van der Waals surface area (Å²) in [5.41, 5.74) is 6.24. The molecule has 0 radical (unpaired) electrons. The van der Waals surface area contributed by atoms with Gasteiger partial charge < -0.3 is 10.6 Å². The van der Waals surface area contributed by atoms with Crippen molar-refractivity contribution in [3.63, 3.8) is 0 Å². The van der Waals surface area contributed by atoms with Crippen molar-refractivity contribution in [3.05, 3.63) is 46.0 Å². The molecule has 1 amide bonds. The third-order valence-electron chi connectivity index (χ3n) is 3.31. The normalized spacial score (nSPS) is 19.2. The summed E-state index contributed by atoms with van der Waals surface area (Å²) < 4.78 is 0. The molecule has 2 N–H and O–H groups in total. The molecule has 0 saturated carbocycles. The number of nitrogens with zero attached hydrogens (tertiary/aromatic N) is 2. The van der Waals surface area contributed by atoms with Crippen molar-refractivity contribution in [2.24, 2.45) is 5.73 Å². The molecule has 1 saturated heterocycles. The molecule has 6 heteroatoms. The number of hydrogen-bond acceptors (Lipinski definition) is 4. The number of carbonyl (C=O) groups excluding carboxylic acids is 1. The van der Waals surface area contributed by atoms with Crippen molar-refractivity contribution in [2.75, 3.05) is 13.1 Å². The second kappa shape index (κ2) is 6.29. The van der Waals surface area contributed by atoms with Gasteiger partial charge in [-0.25, -0.2) is 0 Å². The Kier molecular flexibility index (Phi) is 4.47.